The van der Waals surface area contributed by atoms with E-state index < -0.39 is 17.6 Å². The molecule has 1 N–H and O–H groups in total. The van der Waals surface area contributed by atoms with Crippen molar-refractivity contribution in [2.24, 2.45) is 0 Å². The summed E-state index contributed by atoms with van der Waals surface area (Å²) in [5, 5.41) is 18.3. The number of benzene rings is 3. The van der Waals surface area contributed by atoms with E-state index in [-0.39, 0.29) is 41.3 Å². The highest BCUT2D eigenvalue weighted by molar-refractivity contribution is 5.92. The minimum atomic E-state index is -1.08. The van der Waals surface area contributed by atoms with Crippen LogP contribution in [0.15, 0.2) is 72.8 Å². The molecule has 0 atom stereocenters. The topological polar surface area (TPSA) is 110 Å². The summed E-state index contributed by atoms with van der Waals surface area (Å²) in [6.45, 7) is 4.86. The van der Waals surface area contributed by atoms with Gasteiger partial charge in [-0.1, -0.05) is 32.0 Å². The Morgan fingerprint density at radius 2 is 1.77 bits per heavy atom. The molecule has 0 amide bonds. The van der Waals surface area contributed by atoms with Crippen molar-refractivity contribution in [2.75, 3.05) is 13.7 Å². The zero-order valence-electron chi connectivity index (χ0n) is 24.0. The van der Waals surface area contributed by atoms with E-state index in [0.29, 0.717) is 35.6 Å². The van der Waals surface area contributed by atoms with E-state index in [1.165, 1.54) is 19.2 Å². The molecular formula is C33H30F2N4O4. The van der Waals surface area contributed by atoms with Crippen LogP contribution in [0.5, 0.6) is 5.88 Å². The second kappa shape index (κ2) is 14.2. The Morgan fingerprint density at radius 3 is 2.47 bits per heavy atom. The van der Waals surface area contributed by atoms with Gasteiger partial charge in [0.2, 0.25) is 5.88 Å². The Kier molecular flexibility index (Phi) is 10.1. The van der Waals surface area contributed by atoms with E-state index in [0.717, 1.165) is 17.7 Å². The number of hydrogen-bond acceptors (Lipinski definition) is 6. The second-order valence-corrected chi connectivity index (χ2v) is 9.24. The standard InChI is InChI=1S/C31H24F2N4O4.C2H6/c1-40-12-11-37-28-14-21(31(38)39)9-10-27(28)35-29(37)15-22-13-25(33)23(16-24(22)32)26-3-2-4-30(36-26)41-18-20-7-5-19(17-34)6-8-20;1-2/h2-10,13-14,16H,11-12,15,18H2,1H3,(H,38,39);1-2H3. The molecule has 8 nitrogen and oxygen atoms in total. The number of carbonyl (C=O) groups is 1. The lowest BCUT2D eigenvalue weighted by Crippen LogP contribution is -2.10. The van der Waals surface area contributed by atoms with Gasteiger partial charge in [-0.25, -0.2) is 23.5 Å². The molecule has 43 heavy (non-hydrogen) atoms. The zero-order valence-corrected chi connectivity index (χ0v) is 24.0. The largest absolute Gasteiger partial charge is 0.478 e. The summed E-state index contributed by atoms with van der Waals surface area (Å²) in [5.74, 6) is -1.69. The highest BCUT2D eigenvalue weighted by atomic mass is 19.1. The van der Waals surface area contributed by atoms with Crippen LogP contribution in [0.3, 0.4) is 0 Å². The molecule has 10 heteroatoms. The summed E-state index contributed by atoms with van der Waals surface area (Å²) < 4.78 is 43.4. The molecule has 0 fully saturated rings. The maximum atomic E-state index is 15.4. The third-order valence-corrected chi connectivity index (χ3v) is 6.55. The molecule has 0 aliphatic carbocycles. The molecule has 2 aromatic heterocycles. The minimum absolute atomic E-state index is 0.0194. The number of pyridine rings is 1. The van der Waals surface area contributed by atoms with Crippen molar-refractivity contribution in [3.63, 3.8) is 0 Å². The van der Waals surface area contributed by atoms with Gasteiger partial charge in [-0.3, -0.25) is 0 Å². The molecule has 3 aromatic carbocycles. The maximum Gasteiger partial charge on any atom is 0.335 e. The number of nitriles is 1. The fraction of sp³-hybridized carbons (Fsp3) is 0.212. The van der Waals surface area contributed by atoms with Crippen molar-refractivity contribution in [3.8, 4) is 23.2 Å². The Hall–Kier alpha value is -5.14. The van der Waals surface area contributed by atoms with Crippen molar-refractivity contribution in [1.29, 1.82) is 5.26 Å². The van der Waals surface area contributed by atoms with Gasteiger partial charge in [0.1, 0.15) is 24.1 Å². The van der Waals surface area contributed by atoms with Gasteiger partial charge in [-0.15, -0.1) is 0 Å². The van der Waals surface area contributed by atoms with Gasteiger partial charge in [0.15, 0.2) is 0 Å². The van der Waals surface area contributed by atoms with Crippen molar-refractivity contribution in [1.82, 2.24) is 14.5 Å². The first-order valence-electron chi connectivity index (χ1n) is 13.6. The Labute approximate surface area is 247 Å². The SMILES string of the molecule is CC.COCCn1c(Cc2cc(F)c(-c3cccc(OCc4ccc(C#N)cc4)n3)cc2F)nc2ccc(C(=O)O)cc21. The molecular weight excluding hydrogens is 554 g/mol. The van der Waals surface area contributed by atoms with Crippen LogP contribution < -0.4 is 4.74 Å². The predicted molar refractivity (Wildman–Crippen MR) is 158 cm³/mol. The lowest BCUT2D eigenvalue weighted by molar-refractivity contribution is 0.0697. The number of aromatic carboxylic acids is 1. The molecule has 220 valence electrons. The molecule has 0 radical (unpaired) electrons. The van der Waals surface area contributed by atoms with Crippen molar-refractivity contribution in [2.45, 2.75) is 33.4 Å². The van der Waals surface area contributed by atoms with E-state index in [9.17, 15) is 9.90 Å². The van der Waals surface area contributed by atoms with Crippen LogP contribution in [0, 0.1) is 23.0 Å². The Morgan fingerprint density at radius 1 is 1.00 bits per heavy atom. The fourth-order valence-electron chi connectivity index (χ4n) is 4.44. The number of carboxylic acid groups (broad SMARTS) is 1. The quantitative estimate of drug-likeness (QED) is 0.192. The number of aromatic nitrogens is 3. The minimum Gasteiger partial charge on any atom is -0.478 e. The summed E-state index contributed by atoms with van der Waals surface area (Å²) in [6, 6.07) is 20.6. The number of imidazole rings is 1. The maximum absolute atomic E-state index is 15.4. The van der Waals surface area contributed by atoms with Crippen molar-refractivity contribution in [3.05, 3.63) is 113 Å². The third-order valence-electron chi connectivity index (χ3n) is 6.55. The van der Waals surface area contributed by atoms with Gasteiger partial charge < -0.3 is 19.1 Å². The second-order valence-electron chi connectivity index (χ2n) is 9.24. The summed E-state index contributed by atoms with van der Waals surface area (Å²) in [4.78, 5) is 20.4. The monoisotopic (exact) mass is 584 g/mol. The summed E-state index contributed by atoms with van der Waals surface area (Å²) in [5.41, 5.74) is 2.85. The molecule has 0 spiro atoms. The number of nitrogens with zero attached hydrogens (tertiary/aromatic N) is 4. The van der Waals surface area contributed by atoms with Gasteiger partial charge in [-0.05, 0) is 59.7 Å². The zero-order chi connectivity index (χ0) is 30.9. The Balaban J connectivity index is 0.00000207. The first-order valence-corrected chi connectivity index (χ1v) is 13.6. The molecule has 5 rings (SSSR count). The van der Waals surface area contributed by atoms with Crippen LogP contribution in [-0.4, -0.2) is 39.3 Å². The van der Waals surface area contributed by atoms with E-state index in [1.54, 1.807) is 53.1 Å². The van der Waals surface area contributed by atoms with Crippen molar-refractivity contribution >= 4 is 17.0 Å². The summed E-state index contributed by atoms with van der Waals surface area (Å²) >= 11 is 0. The third kappa shape index (κ3) is 7.20. The van der Waals surface area contributed by atoms with Crippen LogP contribution in [-0.2, 0) is 24.3 Å². The van der Waals surface area contributed by atoms with Crippen LogP contribution >= 0.6 is 0 Å². The average Bonchev–Trinajstić information content (AvgIpc) is 3.37. The normalized spacial score (nSPS) is 10.6. The van der Waals surface area contributed by atoms with Crippen LogP contribution in [0.4, 0.5) is 8.78 Å². The fourth-order valence-corrected chi connectivity index (χ4v) is 4.44. The Bertz CT molecular complexity index is 1780. The van der Waals surface area contributed by atoms with Gasteiger partial charge in [-0.2, -0.15) is 5.26 Å². The van der Waals surface area contributed by atoms with E-state index in [1.807, 2.05) is 13.8 Å². The van der Waals surface area contributed by atoms with Gasteiger partial charge >= 0.3 is 5.97 Å². The molecule has 0 saturated carbocycles. The van der Waals surface area contributed by atoms with Crippen LogP contribution in [0.1, 0.15) is 46.7 Å². The van der Waals surface area contributed by atoms with E-state index in [4.69, 9.17) is 14.7 Å². The average molecular weight is 585 g/mol. The molecule has 0 bridgehead atoms. The highest BCUT2D eigenvalue weighted by Gasteiger charge is 2.18. The summed E-state index contributed by atoms with van der Waals surface area (Å²) in [6.07, 6.45) is -0.0228. The lowest BCUT2D eigenvalue weighted by Gasteiger charge is -2.12. The van der Waals surface area contributed by atoms with E-state index in [2.05, 4.69) is 16.0 Å². The number of carboxylic acids is 1. The van der Waals surface area contributed by atoms with Crippen molar-refractivity contribution < 1.29 is 28.2 Å². The molecule has 0 saturated heterocycles. The molecule has 0 aliphatic rings. The smallest absolute Gasteiger partial charge is 0.335 e. The first-order chi connectivity index (χ1) is 20.9. The van der Waals surface area contributed by atoms with E-state index >= 15 is 8.78 Å². The lowest BCUT2D eigenvalue weighted by atomic mass is 10.0. The number of ether oxygens (including phenoxy) is 2. The summed E-state index contributed by atoms with van der Waals surface area (Å²) in [7, 11) is 1.54. The molecule has 5 aromatic rings. The molecule has 0 unspecified atom stereocenters. The first kappa shape index (κ1) is 30.8. The number of rotatable bonds is 10. The molecule has 0 aliphatic heterocycles. The van der Waals surface area contributed by atoms with Gasteiger partial charge in [0.25, 0.3) is 0 Å². The number of fused-ring (bicyclic) bond motifs is 1. The van der Waals surface area contributed by atoms with Gasteiger partial charge in [0, 0.05) is 31.7 Å². The predicted octanol–water partition coefficient (Wildman–Crippen LogP) is 6.79. The molecule has 2 heterocycles. The van der Waals surface area contributed by atoms with Gasteiger partial charge in [0.05, 0.1) is 40.5 Å². The van der Waals surface area contributed by atoms with Crippen LogP contribution in [0.25, 0.3) is 22.3 Å². The number of hydrogen-bond donors (Lipinski definition) is 1. The number of methoxy groups -OCH3 is 1. The highest BCUT2D eigenvalue weighted by Crippen LogP contribution is 2.28. The number of halogens is 2. The van der Waals surface area contributed by atoms with Crippen LogP contribution in [0.2, 0.25) is 0 Å².